The smallest absolute Gasteiger partial charge is 0.360 e. The van der Waals surface area contributed by atoms with E-state index in [2.05, 4.69) is 64.9 Å². The molecule has 2 aliphatic heterocycles. The Labute approximate surface area is 227 Å². The maximum Gasteiger partial charge on any atom is 0.360 e. The van der Waals surface area contributed by atoms with Gasteiger partial charge in [-0.1, -0.05) is 46.8 Å². The molecular formula is C23H42N4O8SSi2. The third-order valence-electron chi connectivity index (χ3n) is 8.24. The van der Waals surface area contributed by atoms with Crippen LogP contribution in [0.2, 0.25) is 36.3 Å². The molecule has 0 saturated carbocycles. The van der Waals surface area contributed by atoms with Crippen molar-refractivity contribution in [2.45, 2.75) is 102 Å². The highest BCUT2D eigenvalue weighted by molar-refractivity contribution is 7.90. The molecule has 1 aromatic rings. The van der Waals surface area contributed by atoms with E-state index in [1.165, 1.54) is 18.0 Å². The first-order chi connectivity index (χ1) is 17.1. The van der Waals surface area contributed by atoms with E-state index in [1.54, 1.807) is 0 Å². The monoisotopic (exact) mass is 590 g/mol. The summed E-state index contributed by atoms with van der Waals surface area (Å²) in [5.74, 6) is -0.678. The molecule has 0 bridgehead atoms. The van der Waals surface area contributed by atoms with Gasteiger partial charge < -0.3 is 24.1 Å². The molecule has 0 aromatic carbocycles. The molecule has 3 rings (SSSR count). The maximum absolute atomic E-state index is 12.8. The Morgan fingerprint density at radius 3 is 2.18 bits per heavy atom. The van der Waals surface area contributed by atoms with Crippen molar-refractivity contribution in [1.82, 2.24) is 15.0 Å². The summed E-state index contributed by atoms with van der Waals surface area (Å²) in [6, 6.07) is 0. The van der Waals surface area contributed by atoms with E-state index in [0.717, 1.165) is 5.41 Å². The highest BCUT2D eigenvalue weighted by Crippen LogP contribution is 2.52. The Bertz CT molecular complexity index is 1200. The van der Waals surface area contributed by atoms with E-state index >= 15 is 0 Å². The fourth-order valence-corrected chi connectivity index (χ4v) is 7.31. The van der Waals surface area contributed by atoms with Crippen molar-refractivity contribution in [2.75, 3.05) is 13.7 Å². The van der Waals surface area contributed by atoms with Crippen molar-refractivity contribution in [1.29, 1.82) is 0 Å². The van der Waals surface area contributed by atoms with E-state index in [4.69, 9.17) is 28.2 Å². The normalized spacial score (nSPS) is 28.1. The van der Waals surface area contributed by atoms with Gasteiger partial charge in [0, 0.05) is 0 Å². The molecule has 12 nitrogen and oxygen atoms in total. The van der Waals surface area contributed by atoms with Crippen LogP contribution in [0.5, 0.6) is 0 Å². The van der Waals surface area contributed by atoms with Crippen LogP contribution >= 0.6 is 0 Å². The molecule has 38 heavy (non-hydrogen) atoms. The van der Waals surface area contributed by atoms with Crippen LogP contribution in [-0.4, -0.2) is 77.5 Å². The van der Waals surface area contributed by atoms with Crippen LogP contribution in [0, 0.1) is 0 Å². The van der Waals surface area contributed by atoms with Crippen LogP contribution in [0.1, 0.15) is 58.3 Å². The highest BCUT2D eigenvalue weighted by Gasteiger charge is 2.67. The van der Waals surface area contributed by atoms with Gasteiger partial charge in [0.05, 0.1) is 31.0 Å². The van der Waals surface area contributed by atoms with Gasteiger partial charge in [0.2, 0.25) is 0 Å². The Balaban J connectivity index is 2.16. The van der Waals surface area contributed by atoms with Gasteiger partial charge in [0.1, 0.15) is 12.2 Å². The minimum Gasteiger partial charge on any atom is -0.464 e. The number of nitrogens with two attached hydrogens (primary N) is 1. The molecule has 15 heteroatoms. The molecule has 0 amide bonds. The minimum absolute atomic E-state index is 0.00691. The number of methoxy groups -OCH3 is 1. The van der Waals surface area contributed by atoms with E-state index in [0.29, 0.717) is 0 Å². The van der Waals surface area contributed by atoms with Crippen LogP contribution in [0.15, 0.2) is 17.3 Å². The SMILES string of the molecule is COC(=O)c1cn([C@@H]2O[C@H](CO[Si](C)(C)C(C)(C)C)C3(OS(=O)(=O)C=C3N)[C@H]2O[Si](C)(C)C(C)(C)C)nn1. The lowest BCUT2D eigenvalue weighted by Crippen LogP contribution is -2.59. The van der Waals surface area contributed by atoms with Crippen molar-refractivity contribution in [3.05, 3.63) is 23.0 Å². The third kappa shape index (κ3) is 5.51. The summed E-state index contributed by atoms with van der Waals surface area (Å²) >= 11 is 0. The number of hydrogen-bond donors (Lipinski definition) is 1. The molecule has 1 saturated heterocycles. The third-order valence-corrected chi connectivity index (χ3v) is 18.2. The maximum atomic E-state index is 12.8. The largest absolute Gasteiger partial charge is 0.464 e. The second-order valence-corrected chi connectivity index (χ2v) is 23.9. The van der Waals surface area contributed by atoms with Gasteiger partial charge >= 0.3 is 5.97 Å². The lowest BCUT2D eigenvalue weighted by atomic mass is 9.89. The molecule has 0 radical (unpaired) electrons. The zero-order valence-corrected chi connectivity index (χ0v) is 27.0. The highest BCUT2D eigenvalue weighted by atomic mass is 32.2. The average Bonchev–Trinajstić information content (AvgIpc) is 3.40. The van der Waals surface area contributed by atoms with E-state index in [1.807, 2.05) is 13.1 Å². The number of hydrogen-bond acceptors (Lipinski definition) is 11. The number of nitrogens with zero attached hydrogens (tertiary/aromatic N) is 3. The number of esters is 1. The second kappa shape index (κ2) is 9.78. The molecule has 1 spiro atoms. The second-order valence-electron chi connectivity index (χ2n) is 12.9. The van der Waals surface area contributed by atoms with E-state index < -0.39 is 56.8 Å². The fourth-order valence-electron chi connectivity index (χ4n) is 3.80. The molecule has 4 atom stereocenters. The molecule has 3 heterocycles. The van der Waals surface area contributed by atoms with Crippen molar-refractivity contribution >= 4 is 32.7 Å². The van der Waals surface area contributed by atoms with Crippen molar-refractivity contribution < 1.29 is 35.7 Å². The lowest BCUT2D eigenvalue weighted by Gasteiger charge is -2.43. The first-order valence-corrected chi connectivity index (χ1v) is 19.8. The molecule has 1 unspecified atom stereocenters. The molecular weight excluding hydrogens is 549 g/mol. The Kier molecular flexibility index (Phi) is 7.95. The number of rotatable bonds is 7. The van der Waals surface area contributed by atoms with Gasteiger partial charge in [-0.3, -0.25) is 0 Å². The lowest BCUT2D eigenvalue weighted by molar-refractivity contribution is -0.0595. The van der Waals surface area contributed by atoms with Crippen molar-refractivity contribution in [2.24, 2.45) is 5.73 Å². The summed E-state index contributed by atoms with van der Waals surface area (Å²) < 4.78 is 57.2. The number of carbonyl (C=O) groups excluding carboxylic acids is 1. The van der Waals surface area contributed by atoms with Crippen LogP contribution in [0.25, 0.3) is 0 Å². The number of ether oxygens (including phenoxy) is 2. The summed E-state index contributed by atoms with van der Waals surface area (Å²) in [6.45, 7) is 20.7. The summed E-state index contributed by atoms with van der Waals surface area (Å²) in [7, 11) is -7.77. The number of carbonyl (C=O) groups is 1. The molecule has 1 aromatic heterocycles. The number of aromatic nitrogens is 3. The van der Waals surface area contributed by atoms with Crippen LogP contribution in [0.4, 0.5) is 0 Å². The quantitative estimate of drug-likeness (QED) is 0.283. The van der Waals surface area contributed by atoms with Gasteiger partial charge in [-0.05, 0) is 36.3 Å². The van der Waals surface area contributed by atoms with Gasteiger partial charge in [-0.25, -0.2) is 13.7 Å². The predicted octanol–water partition coefficient (Wildman–Crippen LogP) is 3.27. The van der Waals surface area contributed by atoms with E-state index in [9.17, 15) is 13.2 Å². The topological polar surface area (TPSA) is 154 Å². The van der Waals surface area contributed by atoms with Crippen molar-refractivity contribution in [3.63, 3.8) is 0 Å². The van der Waals surface area contributed by atoms with Gasteiger partial charge in [-0.15, -0.1) is 5.10 Å². The summed E-state index contributed by atoms with van der Waals surface area (Å²) in [5, 5.41) is 8.54. The van der Waals surface area contributed by atoms with E-state index in [-0.39, 0.29) is 28.1 Å². The first-order valence-electron chi connectivity index (χ1n) is 12.5. The molecule has 2 N–H and O–H groups in total. The van der Waals surface area contributed by atoms with Crippen molar-refractivity contribution in [3.8, 4) is 0 Å². The zero-order chi connectivity index (χ0) is 29.1. The Hall–Kier alpha value is -1.63. The standard InChI is InChI=1S/C23H42N4O8SSi2/c1-21(2,3)37(8,9)32-13-17-23(16(24)14-36(29,30)35-23)18(34-38(10,11)22(4,5)6)19(33-17)27-12-15(25-26-27)20(28)31-7/h12,14,17-19H,13,24H2,1-11H3/t17-,18+,19-,23?/m1/s1. The summed E-state index contributed by atoms with van der Waals surface area (Å²) in [5.41, 5.74) is 4.66. The minimum atomic E-state index is -4.14. The van der Waals surface area contributed by atoms with Gasteiger partial charge in [0.15, 0.2) is 34.2 Å². The Morgan fingerprint density at radius 1 is 1.13 bits per heavy atom. The fraction of sp³-hybridized carbons (Fsp3) is 0.783. The molecule has 216 valence electrons. The van der Waals surface area contributed by atoms with Crippen LogP contribution in [-0.2, 0) is 32.6 Å². The molecule has 0 aliphatic carbocycles. The van der Waals surface area contributed by atoms with Gasteiger partial charge in [-0.2, -0.15) is 8.42 Å². The zero-order valence-electron chi connectivity index (χ0n) is 24.2. The Morgan fingerprint density at radius 2 is 1.71 bits per heavy atom. The summed E-state index contributed by atoms with van der Waals surface area (Å²) in [6.07, 6.45) is -1.66. The summed E-state index contributed by atoms with van der Waals surface area (Å²) in [4.78, 5) is 12.1. The van der Waals surface area contributed by atoms with Crippen LogP contribution < -0.4 is 5.73 Å². The van der Waals surface area contributed by atoms with Crippen LogP contribution in [0.3, 0.4) is 0 Å². The van der Waals surface area contributed by atoms with Gasteiger partial charge in [0.25, 0.3) is 10.1 Å². The average molecular weight is 591 g/mol. The first kappa shape index (κ1) is 30.9. The predicted molar refractivity (Wildman–Crippen MR) is 145 cm³/mol. The molecule has 2 aliphatic rings. The molecule has 1 fully saturated rings.